The zero-order valence-electron chi connectivity index (χ0n) is 34.1. The van der Waals surface area contributed by atoms with Gasteiger partial charge in [-0.1, -0.05) is 39.0 Å². The fraction of sp³-hybridized carbons (Fsp3) is 0.619. The van der Waals surface area contributed by atoms with Crippen LogP contribution in [0.3, 0.4) is 0 Å². The van der Waals surface area contributed by atoms with Gasteiger partial charge in [-0.3, -0.25) is 9.59 Å². The van der Waals surface area contributed by atoms with Gasteiger partial charge in [-0.15, -0.1) is 0 Å². The Morgan fingerprint density at radius 2 is 1.47 bits per heavy atom. The molecule has 15 heteroatoms. The summed E-state index contributed by atoms with van der Waals surface area (Å²) in [6.07, 6.45) is 2.38. The fourth-order valence-corrected chi connectivity index (χ4v) is 5.88. The zero-order chi connectivity index (χ0) is 41.5. The summed E-state index contributed by atoms with van der Waals surface area (Å²) in [6.45, 7) is 8.08. The minimum absolute atomic E-state index is 0.0189. The lowest BCUT2D eigenvalue weighted by Crippen LogP contribution is -2.53. The first kappa shape index (κ1) is 47.1. The number of nitrogens with zero attached hydrogens (tertiary/aromatic N) is 1. The second-order valence-electron chi connectivity index (χ2n) is 14.0. The van der Waals surface area contributed by atoms with Gasteiger partial charge in [0.25, 0.3) is 5.91 Å². The minimum Gasteiger partial charge on any atom is -0.493 e. The number of amides is 1. The third kappa shape index (κ3) is 16.2. The third-order valence-corrected chi connectivity index (χ3v) is 9.56. The van der Waals surface area contributed by atoms with Gasteiger partial charge in [-0.25, -0.2) is 9.59 Å². The molecule has 0 aliphatic carbocycles. The molecular weight excluding hydrogens is 742 g/mol. The summed E-state index contributed by atoms with van der Waals surface area (Å²) in [6, 6.07) is 11.6. The predicted molar refractivity (Wildman–Crippen MR) is 208 cm³/mol. The van der Waals surface area contributed by atoms with E-state index in [9.17, 15) is 19.2 Å². The van der Waals surface area contributed by atoms with Crippen LogP contribution >= 0.6 is 0 Å². The molecule has 3 rings (SSSR count). The van der Waals surface area contributed by atoms with Gasteiger partial charge in [-0.05, 0) is 73.9 Å². The summed E-state index contributed by atoms with van der Waals surface area (Å²) in [5, 5.41) is 8.66. The molecule has 1 aliphatic rings. The van der Waals surface area contributed by atoms with E-state index in [4.69, 9.17) is 47.7 Å². The van der Waals surface area contributed by atoms with E-state index in [0.29, 0.717) is 108 Å². The minimum atomic E-state index is -0.897. The third-order valence-electron chi connectivity index (χ3n) is 9.56. The lowest BCUT2D eigenvalue weighted by atomic mass is 9.84. The molecular formula is C42H61NO14. The Morgan fingerprint density at radius 3 is 2.11 bits per heavy atom. The van der Waals surface area contributed by atoms with Gasteiger partial charge in [0.1, 0.15) is 24.5 Å². The molecule has 1 amide bonds. The van der Waals surface area contributed by atoms with Gasteiger partial charge in [0.05, 0.1) is 73.7 Å². The number of carbonyl (C=O) groups excluding carboxylic acids is 4. The van der Waals surface area contributed by atoms with Crippen LogP contribution in [0.4, 0.5) is 0 Å². The van der Waals surface area contributed by atoms with E-state index in [-0.39, 0.29) is 33.0 Å². The first-order chi connectivity index (χ1) is 27.5. The van der Waals surface area contributed by atoms with Gasteiger partial charge >= 0.3 is 11.9 Å². The summed E-state index contributed by atoms with van der Waals surface area (Å²) in [4.78, 5) is 54.3. The van der Waals surface area contributed by atoms with Crippen molar-refractivity contribution in [2.45, 2.75) is 71.4 Å². The number of hydrogen-bond donors (Lipinski definition) is 1. The Balaban J connectivity index is 1.58. The fourth-order valence-electron chi connectivity index (χ4n) is 5.88. The monoisotopic (exact) mass is 803 g/mol. The second-order valence-corrected chi connectivity index (χ2v) is 14.0. The van der Waals surface area contributed by atoms with Crippen molar-refractivity contribution in [1.29, 1.82) is 0 Å². The largest absolute Gasteiger partial charge is 0.493 e. The maximum atomic E-state index is 13.9. The SMILES string of the molecule is CCC(C)(C)C(=O)C(=O)N1CCCC[C@H]1C(=O)O[C@H](CCc1ccc(OC)c(OC)c1)c1cccc(OCC(=O)OCCOCCOCCOCCOCCO)c1. The Labute approximate surface area is 336 Å². The molecule has 1 fully saturated rings. The summed E-state index contributed by atoms with van der Waals surface area (Å²) in [7, 11) is 3.12. The number of aliphatic hydroxyl groups excluding tert-OH is 1. The molecule has 2 aromatic rings. The molecule has 0 radical (unpaired) electrons. The molecule has 0 unspecified atom stereocenters. The van der Waals surface area contributed by atoms with Crippen LogP contribution in [0.1, 0.15) is 70.1 Å². The molecule has 0 saturated carbocycles. The summed E-state index contributed by atoms with van der Waals surface area (Å²) in [5.41, 5.74) is 0.696. The first-order valence-electron chi connectivity index (χ1n) is 19.6. The molecule has 57 heavy (non-hydrogen) atoms. The van der Waals surface area contributed by atoms with Crippen LogP contribution in [0.5, 0.6) is 17.2 Å². The summed E-state index contributed by atoms with van der Waals surface area (Å²) < 4.78 is 49.4. The number of likely N-dealkylation sites (tertiary alicyclic amines) is 1. The quantitative estimate of drug-likeness (QED) is 0.0733. The van der Waals surface area contributed by atoms with E-state index in [2.05, 4.69) is 0 Å². The molecule has 1 heterocycles. The molecule has 1 saturated heterocycles. The van der Waals surface area contributed by atoms with Crippen LogP contribution in [0.2, 0.25) is 0 Å². The average molecular weight is 804 g/mol. The average Bonchev–Trinajstić information content (AvgIpc) is 3.23. The molecule has 0 bridgehead atoms. The van der Waals surface area contributed by atoms with Crippen LogP contribution in [-0.2, 0) is 54.0 Å². The van der Waals surface area contributed by atoms with Crippen molar-refractivity contribution in [3.8, 4) is 17.2 Å². The van der Waals surface area contributed by atoms with Gasteiger partial charge in [0.15, 0.2) is 18.1 Å². The molecule has 0 aromatic heterocycles. The number of esters is 2. The van der Waals surface area contributed by atoms with E-state index in [1.807, 2.05) is 25.1 Å². The lowest BCUT2D eigenvalue weighted by molar-refractivity contribution is -0.164. The van der Waals surface area contributed by atoms with Crippen molar-refractivity contribution in [2.75, 3.05) is 93.4 Å². The number of Topliss-reactive ketones (excluding diaryl/α,β-unsaturated/α-hetero) is 1. The predicted octanol–water partition coefficient (Wildman–Crippen LogP) is 4.29. The first-order valence-corrected chi connectivity index (χ1v) is 19.6. The van der Waals surface area contributed by atoms with Gasteiger partial charge in [0.2, 0.25) is 5.78 Å². The number of aliphatic hydroxyl groups is 1. The van der Waals surface area contributed by atoms with Gasteiger partial charge in [0, 0.05) is 12.0 Å². The number of benzene rings is 2. The summed E-state index contributed by atoms with van der Waals surface area (Å²) in [5.74, 6) is -0.830. The highest BCUT2D eigenvalue weighted by molar-refractivity contribution is 6.38. The number of ether oxygens (including phenoxy) is 9. The van der Waals surface area contributed by atoms with Crippen molar-refractivity contribution in [3.63, 3.8) is 0 Å². The number of carbonyl (C=O) groups is 4. The maximum absolute atomic E-state index is 13.9. The van der Waals surface area contributed by atoms with E-state index in [1.54, 1.807) is 52.3 Å². The second kappa shape index (κ2) is 25.9. The molecule has 0 spiro atoms. The number of rotatable bonds is 28. The standard InChI is InChI=1S/C42H61NO14/c1-6-42(2,3)39(46)40(47)43-17-8-7-12-34(43)41(48)57-35(15-13-31-14-16-36(49-4)37(28-31)50-5)32-10-9-11-33(29-32)56-30-38(45)55-27-26-54-25-24-53-23-22-52-21-20-51-19-18-44/h9-11,14,16,28-29,34-35,44H,6-8,12-13,15,17-27,30H2,1-5H3/t34-,35+/m0/s1. The Hall–Kier alpha value is -4.28. The van der Waals surface area contributed by atoms with Crippen LogP contribution in [0.25, 0.3) is 0 Å². The number of hydrogen-bond acceptors (Lipinski definition) is 14. The zero-order valence-corrected chi connectivity index (χ0v) is 34.1. The van der Waals surface area contributed by atoms with E-state index in [1.165, 1.54) is 4.90 Å². The van der Waals surface area contributed by atoms with Crippen molar-refractivity contribution < 1.29 is 66.9 Å². The molecule has 318 valence electrons. The van der Waals surface area contributed by atoms with Crippen molar-refractivity contribution >= 4 is 23.6 Å². The molecule has 15 nitrogen and oxygen atoms in total. The lowest BCUT2D eigenvalue weighted by Gasteiger charge is -2.36. The Bertz CT molecular complexity index is 1530. The normalized spacial score (nSPS) is 14.8. The molecule has 2 atom stereocenters. The van der Waals surface area contributed by atoms with E-state index in [0.717, 1.165) is 5.56 Å². The Kier molecular flexibility index (Phi) is 21.4. The van der Waals surface area contributed by atoms with Crippen LogP contribution in [-0.4, -0.2) is 133 Å². The number of aryl methyl sites for hydroxylation is 1. The number of piperidine rings is 1. The molecule has 1 N–H and O–H groups in total. The van der Waals surface area contributed by atoms with Crippen molar-refractivity contribution in [2.24, 2.45) is 5.41 Å². The molecule has 2 aromatic carbocycles. The van der Waals surface area contributed by atoms with Gasteiger partial charge in [-0.2, -0.15) is 0 Å². The highest BCUT2D eigenvalue weighted by atomic mass is 16.6. The smallest absolute Gasteiger partial charge is 0.344 e. The van der Waals surface area contributed by atoms with Crippen LogP contribution < -0.4 is 14.2 Å². The van der Waals surface area contributed by atoms with E-state index >= 15 is 0 Å². The topological polar surface area (TPSA) is 175 Å². The van der Waals surface area contributed by atoms with Gasteiger partial charge < -0.3 is 52.6 Å². The highest BCUT2D eigenvalue weighted by Crippen LogP contribution is 2.32. The van der Waals surface area contributed by atoms with Crippen LogP contribution in [0, 0.1) is 5.41 Å². The summed E-state index contributed by atoms with van der Waals surface area (Å²) >= 11 is 0. The van der Waals surface area contributed by atoms with Crippen molar-refractivity contribution in [1.82, 2.24) is 4.90 Å². The molecule has 1 aliphatic heterocycles. The number of methoxy groups -OCH3 is 2. The van der Waals surface area contributed by atoms with E-state index < -0.39 is 41.2 Å². The maximum Gasteiger partial charge on any atom is 0.344 e. The number of ketones is 1. The Morgan fingerprint density at radius 1 is 0.825 bits per heavy atom. The van der Waals surface area contributed by atoms with Crippen molar-refractivity contribution in [3.05, 3.63) is 53.6 Å². The highest BCUT2D eigenvalue weighted by Gasteiger charge is 2.41. The van der Waals surface area contributed by atoms with Crippen LogP contribution in [0.15, 0.2) is 42.5 Å².